The fourth-order valence-electron chi connectivity index (χ4n) is 3.88. The van der Waals surface area contributed by atoms with Gasteiger partial charge in [0.1, 0.15) is 0 Å². The summed E-state index contributed by atoms with van der Waals surface area (Å²) in [4.78, 5) is 26.5. The summed E-state index contributed by atoms with van der Waals surface area (Å²) in [5, 5.41) is 2.85. The van der Waals surface area contributed by atoms with Crippen molar-refractivity contribution in [3.8, 4) is 0 Å². The lowest BCUT2D eigenvalue weighted by Gasteiger charge is -2.34. The zero-order valence-electron chi connectivity index (χ0n) is 13.9. The largest absolute Gasteiger partial charge is 0.355 e. The fourth-order valence-corrected chi connectivity index (χ4v) is 3.88. The molecule has 1 saturated heterocycles. The summed E-state index contributed by atoms with van der Waals surface area (Å²) in [7, 11) is 0. The van der Waals surface area contributed by atoms with Gasteiger partial charge in [-0.1, -0.05) is 19.8 Å². The Labute approximate surface area is 134 Å². The van der Waals surface area contributed by atoms with E-state index < -0.39 is 0 Å². The summed E-state index contributed by atoms with van der Waals surface area (Å²) >= 11 is 0. The number of amides is 2. The van der Waals surface area contributed by atoms with Crippen molar-refractivity contribution in [2.24, 2.45) is 23.5 Å². The highest BCUT2D eigenvalue weighted by molar-refractivity contribution is 5.81. The summed E-state index contributed by atoms with van der Waals surface area (Å²) in [6.07, 6.45) is 7.39. The van der Waals surface area contributed by atoms with Gasteiger partial charge in [0.2, 0.25) is 11.8 Å². The van der Waals surface area contributed by atoms with Gasteiger partial charge in [-0.05, 0) is 37.5 Å². The van der Waals surface area contributed by atoms with E-state index >= 15 is 0 Å². The molecule has 0 bridgehead atoms. The van der Waals surface area contributed by atoms with Crippen LogP contribution >= 0.6 is 0 Å². The molecule has 3 unspecified atom stereocenters. The molecule has 2 fully saturated rings. The maximum absolute atomic E-state index is 12.5. The first kappa shape index (κ1) is 17.3. The molecule has 3 N–H and O–H groups in total. The van der Waals surface area contributed by atoms with E-state index in [1.807, 2.05) is 4.90 Å². The Morgan fingerprint density at radius 2 is 2.05 bits per heavy atom. The van der Waals surface area contributed by atoms with Crippen molar-refractivity contribution in [3.05, 3.63) is 0 Å². The first-order valence-electron chi connectivity index (χ1n) is 8.85. The Bertz CT molecular complexity index is 386. The molecule has 0 aromatic heterocycles. The number of rotatable bonds is 5. The van der Waals surface area contributed by atoms with Gasteiger partial charge < -0.3 is 16.0 Å². The zero-order valence-corrected chi connectivity index (χ0v) is 13.9. The van der Waals surface area contributed by atoms with Gasteiger partial charge >= 0.3 is 0 Å². The highest BCUT2D eigenvalue weighted by Gasteiger charge is 2.30. The third-order valence-electron chi connectivity index (χ3n) is 5.10. The predicted octanol–water partition coefficient (Wildman–Crippen LogP) is 1.52. The molecule has 2 rings (SSSR count). The molecule has 2 amide bonds. The normalized spacial score (nSPS) is 29.2. The van der Waals surface area contributed by atoms with E-state index in [-0.39, 0.29) is 17.7 Å². The van der Waals surface area contributed by atoms with Gasteiger partial charge in [-0.25, -0.2) is 0 Å². The van der Waals surface area contributed by atoms with Crippen molar-refractivity contribution in [2.45, 2.75) is 51.9 Å². The summed E-state index contributed by atoms with van der Waals surface area (Å²) in [5.41, 5.74) is 5.42. The highest BCUT2D eigenvalue weighted by Crippen LogP contribution is 2.31. The van der Waals surface area contributed by atoms with Crippen LogP contribution in [-0.4, -0.2) is 42.9 Å². The molecule has 0 spiro atoms. The second kappa shape index (κ2) is 8.51. The number of nitrogens with two attached hydrogens (primary N) is 1. The average molecular weight is 309 g/mol. The minimum atomic E-state index is -0.0606. The van der Waals surface area contributed by atoms with Gasteiger partial charge in [-0.15, -0.1) is 0 Å². The number of hydrogen-bond donors (Lipinski definition) is 2. The molecule has 1 aliphatic carbocycles. The van der Waals surface area contributed by atoms with Crippen LogP contribution in [0, 0.1) is 17.8 Å². The first-order valence-corrected chi connectivity index (χ1v) is 8.85. The van der Waals surface area contributed by atoms with Crippen LogP contribution in [0.3, 0.4) is 0 Å². The van der Waals surface area contributed by atoms with Gasteiger partial charge in [-0.2, -0.15) is 0 Å². The minimum Gasteiger partial charge on any atom is -0.355 e. The summed E-state index contributed by atoms with van der Waals surface area (Å²) in [6.45, 7) is 4.65. The Balaban J connectivity index is 1.80. The van der Waals surface area contributed by atoms with E-state index in [0.29, 0.717) is 32.0 Å². The number of nitrogens with one attached hydrogen (secondary N) is 1. The number of hydrogen-bond acceptors (Lipinski definition) is 3. The van der Waals surface area contributed by atoms with Crippen LogP contribution in [0.25, 0.3) is 0 Å². The Hall–Kier alpha value is -1.10. The van der Waals surface area contributed by atoms with E-state index in [4.69, 9.17) is 5.73 Å². The van der Waals surface area contributed by atoms with E-state index in [9.17, 15) is 9.59 Å². The molecule has 0 aromatic carbocycles. The Kier molecular flexibility index (Phi) is 6.68. The fraction of sp³-hybridized carbons (Fsp3) is 0.882. The van der Waals surface area contributed by atoms with Gasteiger partial charge in [-0.3, -0.25) is 9.59 Å². The Morgan fingerprint density at radius 1 is 1.23 bits per heavy atom. The number of carbonyl (C=O) groups is 2. The van der Waals surface area contributed by atoms with Crippen molar-refractivity contribution in [1.29, 1.82) is 0 Å². The van der Waals surface area contributed by atoms with Crippen LogP contribution in [0.4, 0.5) is 0 Å². The maximum Gasteiger partial charge on any atom is 0.224 e. The monoisotopic (exact) mass is 309 g/mol. The van der Waals surface area contributed by atoms with Crippen LogP contribution < -0.4 is 11.1 Å². The maximum atomic E-state index is 12.5. The van der Waals surface area contributed by atoms with Crippen molar-refractivity contribution in [3.63, 3.8) is 0 Å². The average Bonchev–Trinajstić information content (AvgIpc) is 2.52. The molecule has 0 aromatic rings. The molecule has 1 saturated carbocycles. The van der Waals surface area contributed by atoms with Crippen molar-refractivity contribution in [1.82, 2.24) is 10.2 Å². The lowest BCUT2D eigenvalue weighted by Crippen LogP contribution is -2.46. The molecule has 22 heavy (non-hydrogen) atoms. The van der Waals surface area contributed by atoms with Gasteiger partial charge in [0.25, 0.3) is 0 Å². The van der Waals surface area contributed by atoms with Gasteiger partial charge in [0.05, 0.1) is 5.92 Å². The summed E-state index contributed by atoms with van der Waals surface area (Å²) in [6, 6.07) is 0. The van der Waals surface area contributed by atoms with Gasteiger partial charge in [0, 0.05) is 32.6 Å². The van der Waals surface area contributed by atoms with Crippen LogP contribution in [-0.2, 0) is 9.59 Å². The van der Waals surface area contributed by atoms with E-state index in [0.717, 1.165) is 25.3 Å². The van der Waals surface area contributed by atoms with Crippen LogP contribution in [0.2, 0.25) is 0 Å². The van der Waals surface area contributed by atoms with Crippen molar-refractivity contribution in [2.75, 3.05) is 26.2 Å². The third-order valence-corrected chi connectivity index (χ3v) is 5.10. The van der Waals surface area contributed by atoms with Crippen LogP contribution in [0.5, 0.6) is 0 Å². The Morgan fingerprint density at radius 3 is 2.77 bits per heavy atom. The van der Waals surface area contributed by atoms with E-state index in [2.05, 4.69) is 12.2 Å². The molecule has 1 heterocycles. The summed E-state index contributed by atoms with van der Waals surface area (Å²) < 4.78 is 0. The molecule has 126 valence electrons. The standard InChI is InChI=1S/C17H31N3O2/c1-13-4-2-5-14(10-13)11-16(21)20-9-3-6-15(12-20)17(22)19-8-7-18/h13-15H,2-12,18H2,1H3,(H,19,22). The molecule has 5 heteroatoms. The van der Waals surface area contributed by atoms with Crippen molar-refractivity contribution >= 4 is 11.8 Å². The molecular formula is C17H31N3O2. The lowest BCUT2D eigenvalue weighted by molar-refractivity contribution is -0.136. The smallest absolute Gasteiger partial charge is 0.224 e. The number of carbonyl (C=O) groups excluding carboxylic acids is 2. The quantitative estimate of drug-likeness (QED) is 0.808. The molecular weight excluding hydrogens is 278 g/mol. The van der Waals surface area contributed by atoms with E-state index in [1.165, 1.54) is 25.7 Å². The lowest BCUT2D eigenvalue weighted by atomic mass is 9.80. The topological polar surface area (TPSA) is 75.4 Å². The zero-order chi connectivity index (χ0) is 15.9. The van der Waals surface area contributed by atoms with Crippen molar-refractivity contribution < 1.29 is 9.59 Å². The second-order valence-corrected chi connectivity index (χ2v) is 7.10. The molecule has 5 nitrogen and oxygen atoms in total. The number of likely N-dealkylation sites (tertiary alicyclic amines) is 1. The molecule has 3 atom stereocenters. The van der Waals surface area contributed by atoms with Crippen LogP contribution in [0.15, 0.2) is 0 Å². The minimum absolute atomic E-state index is 0.0502. The SMILES string of the molecule is CC1CCCC(CC(=O)N2CCCC(C(=O)NCCN)C2)C1. The number of nitrogens with zero attached hydrogens (tertiary/aromatic N) is 1. The molecule has 0 radical (unpaired) electrons. The highest BCUT2D eigenvalue weighted by atomic mass is 16.2. The molecule has 2 aliphatic rings. The predicted molar refractivity (Wildman–Crippen MR) is 87.1 cm³/mol. The van der Waals surface area contributed by atoms with Crippen LogP contribution in [0.1, 0.15) is 51.9 Å². The summed E-state index contributed by atoms with van der Waals surface area (Å²) in [5.74, 6) is 1.53. The first-order chi connectivity index (χ1) is 10.6. The second-order valence-electron chi connectivity index (χ2n) is 7.10. The van der Waals surface area contributed by atoms with E-state index in [1.54, 1.807) is 0 Å². The van der Waals surface area contributed by atoms with Gasteiger partial charge in [0.15, 0.2) is 0 Å². The number of piperidine rings is 1. The third kappa shape index (κ3) is 4.97. The molecule has 1 aliphatic heterocycles.